The second kappa shape index (κ2) is 6.90. The first-order chi connectivity index (χ1) is 12.1. The lowest BCUT2D eigenvalue weighted by Gasteiger charge is -2.28. The Hall–Kier alpha value is -3.30. The van der Waals surface area contributed by atoms with Crippen LogP contribution in [0.25, 0.3) is 0 Å². The van der Waals surface area contributed by atoms with Crippen LogP contribution in [0.5, 0.6) is 0 Å². The summed E-state index contributed by atoms with van der Waals surface area (Å²) in [7, 11) is 0. The fourth-order valence-electron chi connectivity index (χ4n) is 2.34. The van der Waals surface area contributed by atoms with Gasteiger partial charge in [-0.25, -0.2) is 0 Å². The van der Waals surface area contributed by atoms with E-state index in [0.29, 0.717) is 6.07 Å². The second-order valence-electron chi connectivity index (χ2n) is 5.63. The third-order valence-electron chi connectivity index (χ3n) is 3.74. The fourth-order valence-corrected chi connectivity index (χ4v) is 2.34. The third-order valence-corrected chi connectivity index (χ3v) is 3.74. The van der Waals surface area contributed by atoms with Crippen LogP contribution >= 0.6 is 0 Å². The van der Waals surface area contributed by atoms with Gasteiger partial charge in [0.05, 0.1) is 23.3 Å². The van der Waals surface area contributed by atoms with E-state index in [-0.39, 0.29) is 5.69 Å². The number of nitrogens with one attached hydrogen (secondary N) is 1. The number of alkyl halides is 3. The highest BCUT2D eigenvalue weighted by Crippen LogP contribution is 2.34. The molecular formula is C17H13F3N4O2. The number of anilines is 1. The van der Waals surface area contributed by atoms with E-state index in [2.05, 4.69) is 5.32 Å². The molecule has 0 bridgehead atoms. The fraction of sp³-hybridized carbons (Fsp3) is 0.235. The van der Waals surface area contributed by atoms with E-state index >= 15 is 0 Å². The van der Waals surface area contributed by atoms with Crippen LogP contribution < -0.4 is 5.32 Å². The van der Waals surface area contributed by atoms with Crippen LogP contribution in [0.4, 0.5) is 18.9 Å². The highest BCUT2D eigenvalue weighted by Gasteiger charge is 2.41. The van der Waals surface area contributed by atoms with Crippen molar-refractivity contribution < 1.29 is 23.1 Å². The van der Waals surface area contributed by atoms with E-state index in [1.165, 1.54) is 23.0 Å². The molecule has 1 amide bonds. The normalized spacial score (nSPS) is 14.6. The maximum absolute atomic E-state index is 13.0. The molecule has 6 nitrogen and oxygen atoms in total. The van der Waals surface area contributed by atoms with Crippen LogP contribution in [0.2, 0.25) is 0 Å². The van der Waals surface area contributed by atoms with E-state index in [4.69, 9.17) is 5.26 Å². The molecule has 9 heteroatoms. The number of amides is 1. The number of halogens is 3. The SMILES string of the molecule is CC(O)(C(=O)Nc1ccc(C#N)c(C(F)(F)F)c1)C(C#N)n1cccc1. The van der Waals surface area contributed by atoms with Crippen molar-refractivity contribution in [3.05, 3.63) is 53.9 Å². The van der Waals surface area contributed by atoms with Gasteiger partial charge in [-0.2, -0.15) is 23.7 Å². The van der Waals surface area contributed by atoms with Gasteiger partial charge in [0.2, 0.25) is 0 Å². The highest BCUT2D eigenvalue weighted by molar-refractivity contribution is 5.97. The van der Waals surface area contributed by atoms with Crippen molar-refractivity contribution in [2.24, 2.45) is 0 Å². The Bertz CT molecular complexity index is 890. The number of rotatable bonds is 4. The van der Waals surface area contributed by atoms with Crippen LogP contribution in [0, 0.1) is 22.7 Å². The van der Waals surface area contributed by atoms with Crippen molar-refractivity contribution >= 4 is 11.6 Å². The molecule has 0 aliphatic rings. The monoisotopic (exact) mass is 362 g/mol. The van der Waals surface area contributed by atoms with E-state index in [9.17, 15) is 28.3 Å². The van der Waals surface area contributed by atoms with Crippen molar-refractivity contribution in [2.45, 2.75) is 24.7 Å². The Morgan fingerprint density at radius 2 is 1.88 bits per heavy atom. The van der Waals surface area contributed by atoms with Gasteiger partial charge in [0.25, 0.3) is 5.91 Å². The number of aliphatic hydroxyl groups is 1. The highest BCUT2D eigenvalue weighted by atomic mass is 19.4. The predicted molar refractivity (Wildman–Crippen MR) is 84.5 cm³/mol. The number of carbonyl (C=O) groups excluding carboxylic acids is 1. The van der Waals surface area contributed by atoms with Gasteiger partial charge in [0.15, 0.2) is 11.6 Å². The van der Waals surface area contributed by atoms with E-state index in [1.54, 1.807) is 18.2 Å². The number of hydrogen-bond donors (Lipinski definition) is 2. The minimum absolute atomic E-state index is 0.259. The summed E-state index contributed by atoms with van der Waals surface area (Å²) in [6.45, 7) is 1.09. The van der Waals surface area contributed by atoms with Crippen LogP contribution in [-0.4, -0.2) is 21.2 Å². The standard InChI is InChI=1S/C17H13F3N4O2/c1-16(26,14(10-22)24-6-2-3-7-24)15(25)23-12-5-4-11(9-21)13(8-12)17(18,19)20/h2-8,14,26H,1H3,(H,23,25). The summed E-state index contributed by atoms with van der Waals surface area (Å²) in [4.78, 5) is 12.4. The van der Waals surface area contributed by atoms with Gasteiger partial charge in [0, 0.05) is 18.1 Å². The molecule has 2 unspecified atom stereocenters. The Morgan fingerprint density at radius 1 is 1.27 bits per heavy atom. The molecule has 1 aromatic heterocycles. The van der Waals surface area contributed by atoms with Crippen molar-refractivity contribution in [3.8, 4) is 12.1 Å². The molecule has 0 fully saturated rings. The first-order valence-corrected chi connectivity index (χ1v) is 7.28. The minimum atomic E-state index is -4.78. The summed E-state index contributed by atoms with van der Waals surface area (Å²) in [5, 5.41) is 30.7. The smallest absolute Gasteiger partial charge is 0.377 e. The number of nitrogens with zero attached hydrogens (tertiary/aromatic N) is 3. The maximum atomic E-state index is 13.0. The van der Waals surface area contributed by atoms with E-state index in [0.717, 1.165) is 19.1 Å². The Kier molecular flexibility index (Phi) is 5.05. The van der Waals surface area contributed by atoms with Gasteiger partial charge in [-0.05, 0) is 37.3 Å². The summed E-state index contributed by atoms with van der Waals surface area (Å²) < 4.78 is 40.3. The Morgan fingerprint density at radius 3 is 2.38 bits per heavy atom. The number of carbonyl (C=O) groups is 1. The van der Waals surface area contributed by atoms with Crippen molar-refractivity contribution in [1.29, 1.82) is 10.5 Å². The molecule has 1 aromatic carbocycles. The zero-order valence-corrected chi connectivity index (χ0v) is 13.4. The van der Waals surface area contributed by atoms with Gasteiger partial charge in [-0.1, -0.05) is 0 Å². The summed E-state index contributed by atoms with van der Waals surface area (Å²) >= 11 is 0. The van der Waals surface area contributed by atoms with Crippen LogP contribution in [0.15, 0.2) is 42.7 Å². The quantitative estimate of drug-likeness (QED) is 0.873. The molecule has 0 radical (unpaired) electrons. The molecule has 2 N–H and O–H groups in total. The lowest BCUT2D eigenvalue weighted by atomic mass is 9.95. The molecule has 1 heterocycles. The molecule has 0 saturated carbocycles. The zero-order chi connectivity index (χ0) is 19.5. The molecule has 2 aromatic rings. The van der Waals surface area contributed by atoms with Gasteiger partial charge in [0.1, 0.15) is 0 Å². The third kappa shape index (κ3) is 3.68. The summed E-state index contributed by atoms with van der Waals surface area (Å²) in [6, 6.07) is 7.74. The first kappa shape index (κ1) is 19.0. The molecule has 0 aliphatic heterocycles. The molecular weight excluding hydrogens is 349 g/mol. The summed E-state index contributed by atoms with van der Waals surface area (Å²) in [5.41, 5.74) is -4.28. The number of nitriles is 2. The minimum Gasteiger partial charge on any atom is -0.377 e. The van der Waals surface area contributed by atoms with Crippen LogP contribution in [-0.2, 0) is 11.0 Å². The van der Waals surface area contributed by atoms with E-state index in [1.807, 2.05) is 0 Å². The molecule has 2 rings (SSSR count). The van der Waals surface area contributed by atoms with Crippen LogP contribution in [0.3, 0.4) is 0 Å². The van der Waals surface area contributed by atoms with Crippen LogP contribution in [0.1, 0.15) is 24.1 Å². The summed E-state index contributed by atoms with van der Waals surface area (Å²) in [5.74, 6) is -1.06. The number of aromatic nitrogens is 1. The molecule has 0 spiro atoms. The van der Waals surface area contributed by atoms with E-state index < -0.39 is 34.9 Å². The van der Waals surface area contributed by atoms with Crippen molar-refractivity contribution in [3.63, 3.8) is 0 Å². The lowest BCUT2D eigenvalue weighted by Crippen LogP contribution is -2.46. The molecule has 0 saturated heterocycles. The Labute approximate surface area is 146 Å². The zero-order valence-electron chi connectivity index (χ0n) is 13.4. The molecule has 134 valence electrons. The van der Waals surface area contributed by atoms with Gasteiger partial charge in [-0.15, -0.1) is 0 Å². The topological polar surface area (TPSA) is 102 Å². The van der Waals surface area contributed by atoms with Crippen molar-refractivity contribution in [2.75, 3.05) is 5.32 Å². The first-order valence-electron chi connectivity index (χ1n) is 7.28. The largest absolute Gasteiger partial charge is 0.417 e. The second-order valence-corrected chi connectivity index (χ2v) is 5.63. The number of benzene rings is 1. The predicted octanol–water partition coefficient (Wildman–Crippen LogP) is 2.83. The van der Waals surface area contributed by atoms with Crippen molar-refractivity contribution in [1.82, 2.24) is 4.57 Å². The van der Waals surface area contributed by atoms with Gasteiger partial charge >= 0.3 is 6.18 Å². The lowest BCUT2D eigenvalue weighted by molar-refractivity contribution is -0.138. The average Bonchev–Trinajstić information content (AvgIpc) is 3.08. The molecule has 0 aliphatic carbocycles. The average molecular weight is 362 g/mol. The van der Waals surface area contributed by atoms with Gasteiger partial charge in [-0.3, -0.25) is 4.79 Å². The summed E-state index contributed by atoms with van der Waals surface area (Å²) in [6.07, 6.45) is -1.84. The maximum Gasteiger partial charge on any atom is 0.417 e. The van der Waals surface area contributed by atoms with Gasteiger partial charge < -0.3 is 15.0 Å². The molecule has 2 atom stereocenters. The number of hydrogen-bond acceptors (Lipinski definition) is 4. The molecule has 26 heavy (non-hydrogen) atoms. The Balaban J connectivity index is 2.32.